The number of ether oxygens (including phenoxy) is 1. The first-order valence-electron chi connectivity index (χ1n) is 7.33. The molecule has 2 atom stereocenters. The Morgan fingerprint density at radius 3 is 2.47 bits per heavy atom. The fourth-order valence-corrected chi connectivity index (χ4v) is 3.67. The van der Waals surface area contributed by atoms with E-state index in [0.717, 1.165) is 11.6 Å². The van der Waals surface area contributed by atoms with Gasteiger partial charge in [0.15, 0.2) is 0 Å². The standard InChI is InChI=1S/C16H22ClNO/c1-12-15(13-5-7-14(17)8-6-13)19-11-16(18-12)9-3-2-4-10-16/h5-8,12,15,18H,2-4,9-11H2,1H3. The van der Waals surface area contributed by atoms with Crippen LogP contribution in [0.1, 0.15) is 50.7 Å². The molecule has 1 spiro atoms. The van der Waals surface area contributed by atoms with E-state index in [9.17, 15) is 0 Å². The van der Waals surface area contributed by atoms with Crippen LogP contribution < -0.4 is 5.32 Å². The molecule has 3 heteroatoms. The molecular formula is C16H22ClNO. The molecule has 2 fully saturated rings. The zero-order valence-electron chi connectivity index (χ0n) is 11.5. The van der Waals surface area contributed by atoms with Crippen molar-refractivity contribution in [2.24, 2.45) is 0 Å². The van der Waals surface area contributed by atoms with Gasteiger partial charge in [-0.05, 0) is 37.5 Å². The third kappa shape index (κ3) is 2.81. The van der Waals surface area contributed by atoms with E-state index in [1.54, 1.807) is 0 Å². The third-order valence-corrected chi connectivity index (χ3v) is 4.79. The van der Waals surface area contributed by atoms with E-state index in [4.69, 9.17) is 16.3 Å². The molecule has 1 aliphatic carbocycles. The molecule has 1 aromatic rings. The quantitative estimate of drug-likeness (QED) is 0.836. The number of nitrogens with one attached hydrogen (secondary N) is 1. The highest BCUT2D eigenvalue weighted by molar-refractivity contribution is 6.30. The number of benzene rings is 1. The van der Waals surface area contributed by atoms with Crippen LogP contribution in [-0.4, -0.2) is 18.2 Å². The average Bonchev–Trinajstić information content (AvgIpc) is 2.41. The van der Waals surface area contributed by atoms with E-state index in [1.165, 1.54) is 37.7 Å². The van der Waals surface area contributed by atoms with Crippen LogP contribution in [0, 0.1) is 0 Å². The summed E-state index contributed by atoms with van der Waals surface area (Å²) in [5, 5.41) is 4.62. The van der Waals surface area contributed by atoms with Gasteiger partial charge in [-0.2, -0.15) is 0 Å². The zero-order chi connectivity index (χ0) is 13.3. The maximum atomic E-state index is 6.20. The van der Waals surface area contributed by atoms with E-state index in [-0.39, 0.29) is 11.6 Å². The lowest BCUT2D eigenvalue weighted by Gasteiger charge is -2.47. The highest BCUT2D eigenvalue weighted by atomic mass is 35.5. The molecule has 2 aliphatic rings. The second kappa shape index (κ2) is 5.43. The molecule has 0 bridgehead atoms. The van der Waals surface area contributed by atoms with Gasteiger partial charge in [0.25, 0.3) is 0 Å². The Morgan fingerprint density at radius 2 is 1.84 bits per heavy atom. The SMILES string of the molecule is CC1NC2(CCCCC2)COC1c1ccc(Cl)cc1. The first-order valence-corrected chi connectivity index (χ1v) is 7.71. The molecule has 104 valence electrons. The molecule has 1 saturated carbocycles. The normalized spacial score (nSPS) is 30.4. The van der Waals surface area contributed by atoms with Crippen molar-refractivity contribution in [3.63, 3.8) is 0 Å². The topological polar surface area (TPSA) is 21.3 Å². The van der Waals surface area contributed by atoms with Crippen molar-refractivity contribution in [2.45, 2.75) is 56.7 Å². The van der Waals surface area contributed by atoms with Crippen LogP contribution in [-0.2, 0) is 4.74 Å². The average molecular weight is 280 g/mol. The molecule has 3 rings (SSSR count). The fourth-order valence-electron chi connectivity index (χ4n) is 3.55. The maximum absolute atomic E-state index is 6.20. The molecule has 1 heterocycles. The molecule has 1 aliphatic heterocycles. The van der Waals surface area contributed by atoms with Crippen LogP contribution >= 0.6 is 11.6 Å². The number of rotatable bonds is 1. The Morgan fingerprint density at radius 1 is 1.16 bits per heavy atom. The molecule has 0 aromatic heterocycles. The molecule has 19 heavy (non-hydrogen) atoms. The predicted octanol–water partition coefficient (Wildman–Crippen LogP) is 4.09. The summed E-state index contributed by atoms with van der Waals surface area (Å²) in [5.74, 6) is 0. The van der Waals surface area contributed by atoms with E-state index in [0.29, 0.717) is 6.04 Å². The Labute approximate surface area is 120 Å². The lowest BCUT2D eigenvalue weighted by molar-refractivity contribution is -0.0714. The lowest BCUT2D eigenvalue weighted by Crippen LogP contribution is -2.59. The number of halogens is 1. The summed E-state index contributed by atoms with van der Waals surface area (Å²) in [6, 6.07) is 8.39. The molecule has 1 N–H and O–H groups in total. The van der Waals surface area contributed by atoms with E-state index in [1.807, 2.05) is 12.1 Å². The van der Waals surface area contributed by atoms with Gasteiger partial charge in [-0.3, -0.25) is 0 Å². The third-order valence-electron chi connectivity index (χ3n) is 4.54. The second-order valence-electron chi connectivity index (χ2n) is 6.06. The molecule has 1 saturated heterocycles. The summed E-state index contributed by atoms with van der Waals surface area (Å²) < 4.78 is 6.20. The van der Waals surface area contributed by atoms with Crippen LogP contribution in [0.4, 0.5) is 0 Å². The van der Waals surface area contributed by atoms with Crippen LogP contribution in [0.25, 0.3) is 0 Å². The van der Waals surface area contributed by atoms with Gasteiger partial charge in [-0.15, -0.1) is 0 Å². The maximum Gasteiger partial charge on any atom is 0.0976 e. The fraction of sp³-hybridized carbons (Fsp3) is 0.625. The second-order valence-corrected chi connectivity index (χ2v) is 6.49. The van der Waals surface area contributed by atoms with E-state index in [2.05, 4.69) is 24.4 Å². The summed E-state index contributed by atoms with van der Waals surface area (Å²) >= 11 is 5.95. The van der Waals surface area contributed by atoms with Gasteiger partial charge in [0.2, 0.25) is 0 Å². The van der Waals surface area contributed by atoms with Gasteiger partial charge < -0.3 is 10.1 Å². The minimum absolute atomic E-state index is 0.143. The molecule has 1 aromatic carbocycles. The number of hydrogen-bond acceptors (Lipinski definition) is 2. The van der Waals surface area contributed by atoms with Gasteiger partial charge in [0.05, 0.1) is 12.7 Å². The zero-order valence-corrected chi connectivity index (χ0v) is 12.2. The van der Waals surface area contributed by atoms with Crippen LogP contribution in [0.2, 0.25) is 5.02 Å². The molecule has 0 amide bonds. The van der Waals surface area contributed by atoms with Crippen molar-refractivity contribution in [1.82, 2.24) is 5.32 Å². The number of hydrogen-bond donors (Lipinski definition) is 1. The van der Waals surface area contributed by atoms with Crippen molar-refractivity contribution in [1.29, 1.82) is 0 Å². The van der Waals surface area contributed by atoms with Crippen molar-refractivity contribution >= 4 is 11.6 Å². The first-order chi connectivity index (χ1) is 9.19. The Hall–Kier alpha value is -0.570. The Bertz CT molecular complexity index is 425. The summed E-state index contributed by atoms with van der Waals surface area (Å²) in [7, 11) is 0. The summed E-state index contributed by atoms with van der Waals surface area (Å²) in [6.45, 7) is 3.07. The van der Waals surface area contributed by atoms with Crippen LogP contribution in [0.15, 0.2) is 24.3 Å². The highest BCUT2D eigenvalue weighted by Gasteiger charge is 2.40. The van der Waals surface area contributed by atoms with Crippen molar-refractivity contribution in [3.05, 3.63) is 34.9 Å². The summed E-state index contributed by atoms with van der Waals surface area (Å²) in [4.78, 5) is 0. The largest absolute Gasteiger partial charge is 0.370 e. The lowest BCUT2D eigenvalue weighted by atomic mass is 9.80. The predicted molar refractivity (Wildman–Crippen MR) is 78.6 cm³/mol. The van der Waals surface area contributed by atoms with E-state index >= 15 is 0 Å². The van der Waals surface area contributed by atoms with Crippen molar-refractivity contribution in [3.8, 4) is 0 Å². The highest BCUT2D eigenvalue weighted by Crippen LogP contribution is 2.36. The Kier molecular flexibility index (Phi) is 3.84. The summed E-state index contributed by atoms with van der Waals surface area (Å²) in [6.07, 6.45) is 6.68. The van der Waals surface area contributed by atoms with Gasteiger partial charge in [0, 0.05) is 16.6 Å². The van der Waals surface area contributed by atoms with Crippen LogP contribution in [0.5, 0.6) is 0 Å². The minimum atomic E-state index is 0.143. The summed E-state index contributed by atoms with van der Waals surface area (Å²) in [5.41, 5.74) is 1.45. The molecule has 0 radical (unpaired) electrons. The molecule has 2 nitrogen and oxygen atoms in total. The van der Waals surface area contributed by atoms with Gasteiger partial charge in [-0.1, -0.05) is 43.0 Å². The Balaban J connectivity index is 1.72. The van der Waals surface area contributed by atoms with Gasteiger partial charge >= 0.3 is 0 Å². The van der Waals surface area contributed by atoms with E-state index < -0.39 is 0 Å². The van der Waals surface area contributed by atoms with Gasteiger partial charge in [0.1, 0.15) is 0 Å². The molecule has 2 unspecified atom stereocenters. The van der Waals surface area contributed by atoms with Crippen LogP contribution in [0.3, 0.4) is 0 Å². The smallest absolute Gasteiger partial charge is 0.0976 e. The molecular weight excluding hydrogens is 258 g/mol. The monoisotopic (exact) mass is 279 g/mol. The van der Waals surface area contributed by atoms with Gasteiger partial charge in [-0.25, -0.2) is 0 Å². The number of morpholine rings is 1. The first kappa shape index (κ1) is 13.4. The van der Waals surface area contributed by atoms with Crippen molar-refractivity contribution in [2.75, 3.05) is 6.61 Å². The van der Waals surface area contributed by atoms with Crippen molar-refractivity contribution < 1.29 is 4.74 Å². The minimum Gasteiger partial charge on any atom is -0.370 e.